The van der Waals surface area contributed by atoms with Crippen molar-refractivity contribution in [2.24, 2.45) is 0 Å². The Kier molecular flexibility index (Phi) is 6.74. The highest BCUT2D eigenvalue weighted by molar-refractivity contribution is 7.80. The molecule has 0 spiro atoms. The second-order valence-electron chi connectivity index (χ2n) is 5.08. The molecule has 0 aliphatic heterocycles. The van der Waals surface area contributed by atoms with Crippen molar-refractivity contribution in [3.05, 3.63) is 66.2 Å². The van der Waals surface area contributed by atoms with E-state index >= 15 is 0 Å². The molecule has 3 N–H and O–H groups in total. The number of nitrogens with zero attached hydrogens (tertiary/aromatic N) is 1. The van der Waals surface area contributed by atoms with E-state index in [1.807, 2.05) is 66.7 Å². The Morgan fingerprint density at radius 1 is 1.08 bits per heavy atom. The molecule has 0 saturated heterocycles. The summed E-state index contributed by atoms with van der Waals surface area (Å²) in [4.78, 5) is 12.3. The highest BCUT2D eigenvalue weighted by Crippen LogP contribution is 2.07. The van der Waals surface area contributed by atoms with Crippen LogP contribution in [0.4, 0.5) is 5.69 Å². The number of nitriles is 1. The molecule has 0 fully saturated rings. The molecule has 0 bridgehead atoms. The molecular formula is C18H18N4OS. The monoisotopic (exact) mass is 338 g/mol. The summed E-state index contributed by atoms with van der Waals surface area (Å²) >= 11 is 5.29. The summed E-state index contributed by atoms with van der Waals surface area (Å²) < 4.78 is 0. The fraction of sp³-hybridized carbons (Fsp3) is 0.167. The first kappa shape index (κ1) is 17.4. The Hall–Kier alpha value is -2.91. The highest BCUT2D eigenvalue weighted by atomic mass is 32.1. The molecular weight excluding hydrogens is 320 g/mol. The summed E-state index contributed by atoms with van der Waals surface area (Å²) in [6.45, 7) is -0.0370. The summed E-state index contributed by atoms with van der Waals surface area (Å²) in [7, 11) is 0. The van der Waals surface area contributed by atoms with Crippen LogP contribution in [0.3, 0.4) is 0 Å². The molecule has 0 radical (unpaired) electrons. The molecule has 1 unspecified atom stereocenters. The summed E-state index contributed by atoms with van der Waals surface area (Å²) in [5.74, 6) is -0.266. The van der Waals surface area contributed by atoms with Crippen molar-refractivity contribution >= 4 is 28.9 Å². The number of anilines is 1. The molecule has 2 rings (SSSR count). The Morgan fingerprint density at radius 3 is 2.33 bits per heavy atom. The van der Waals surface area contributed by atoms with E-state index in [-0.39, 0.29) is 12.5 Å². The molecule has 2 aromatic rings. The van der Waals surface area contributed by atoms with Gasteiger partial charge in [-0.1, -0.05) is 48.5 Å². The predicted molar refractivity (Wildman–Crippen MR) is 98.4 cm³/mol. The normalized spacial score (nSPS) is 11.0. The van der Waals surface area contributed by atoms with E-state index in [1.54, 1.807) is 0 Å². The number of carbonyl (C=O) groups is 1. The number of para-hydroxylation sites is 1. The molecule has 1 atom stereocenters. The maximum atomic E-state index is 12.3. The van der Waals surface area contributed by atoms with E-state index < -0.39 is 6.04 Å². The van der Waals surface area contributed by atoms with Gasteiger partial charge in [0.05, 0.1) is 6.07 Å². The van der Waals surface area contributed by atoms with E-state index in [2.05, 4.69) is 16.0 Å². The lowest BCUT2D eigenvalue weighted by molar-refractivity contribution is -0.122. The SMILES string of the molecule is N#CCNC(=O)C(Cc1ccccc1)NC(=S)Nc1ccccc1. The van der Waals surface area contributed by atoms with Gasteiger partial charge in [-0.3, -0.25) is 4.79 Å². The van der Waals surface area contributed by atoms with Crippen LogP contribution in [0.2, 0.25) is 0 Å². The molecule has 24 heavy (non-hydrogen) atoms. The number of hydrogen-bond donors (Lipinski definition) is 3. The zero-order chi connectivity index (χ0) is 17.2. The quantitative estimate of drug-likeness (QED) is 0.556. The Balaban J connectivity index is 2.03. The molecule has 0 aliphatic rings. The molecule has 1 amide bonds. The molecule has 0 aliphatic carbocycles. The third-order valence-corrected chi connectivity index (χ3v) is 3.50. The maximum Gasteiger partial charge on any atom is 0.243 e. The molecule has 2 aromatic carbocycles. The largest absolute Gasteiger partial charge is 0.350 e. The average molecular weight is 338 g/mol. The Labute approximate surface area is 146 Å². The van der Waals surface area contributed by atoms with Gasteiger partial charge in [0.1, 0.15) is 12.6 Å². The number of amides is 1. The van der Waals surface area contributed by atoms with Crippen molar-refractivity contribution < 1.29 is 4.79 Å². The average Bonchev–Trinajstić information content (AvgIpc) is 2.61. The van der Waals surface area contributed by atoms with Gasteiger partial charge < -0.3 is 16.0 Å². The van der Waals surface area contributed by atoms with Crippen molar-refractivity contribution in [2.75, 3.05) is 11.9 Å². The van der Waals surface area contributed by atoms with Crippen molar-refractivity contribution in [3.8, 4) is 6.07 Å². The zero-order valence-electron chi connectivity index (χ0n) is 13.0. The molecule has 6 heteroatoms. The lowest BCUT2D eigenvalue weighted by Gasteiger charge is -2.20. The highest BCUT2D eigenvalue weighted by Gasteiger charge is 2.19. The van der Waals surface area contributed by atoms with Gasteiger partial charge in [0, 0.05) is 12.1 Å². The van der Waals surface area contributed by atoms with Gasteiger partial charge in [0.2, 0.25) is 5.91 Å². The second-order valence-corrected chi connectivity index (χ2v) is 5.49. The van der Waals surface area contributed by atoms with Crippen LogP contribution in [-0.2, 0) is 11.2 Å². The molecule has 0 saturated carbocycles. The summed E-state index contributed by atoms with van der Waals surface area (Å²) in [5, 5.41) is 17.6. The van der Waals surface area contributed by atoms with Crippen LogP contribution in [0.15, 0.2) is 60.7 Å². The van der Waals surface area contributed by atoms with Gasteiger partial charge in [-0.25, -0.2) is 0 Å². The fourth-order valence-corrected chi connectivity index (χ4v) is 2.42. The summed E-state index contributed by atoms with van der Waals surface area (Å²) in [6.07, 6.45) is 0.467. The van der Waals surface area contributed by atoms with Crippen LogP contribution >= 0.6 is 12.2 Å². The van der Waals surface area contributed by atoms with Crippen molar-refractivity contribution in [3.63, 3.8) is 0 Å². The number of rotatable bonds is 6. The van der Waals surface area contributed by atoms with Crippen LogP contribution in [0.25, 0.3) is 0 Å². The Bertz CT molecular complexity index is 713. The third kappa shape index (κ3) is 5.71. The standard InChI is InChI=1S/C18H18N4OS/c19-11-12-20-17(23)16(13-14-7-3-1-4-8-14)22-18(24)21-15-9-5-2-6-10-15/h1-10,16H,12-13H2,(H,20,23)(H2,21,22,24). The predicted octanol–water partition coefficient (Wildman–Crippen LogP) is 2.22. The van der Waals surface area contributed by atoms with Gasteiger partial charge in [0.25, 0.3) is 0 Å². The lowest BCUT2D eigenvalue weighted by Crippen LogP contribution is -2.49. The summed E-state index contributed by atoms with van der Waals surface area (Å²) in [5.41, 5.74) is 1.84. The van der Waals surface area contributed by atoms with Crippen LogP contribution < -0.4 is 16.0 Å². The van der Waals surface area contributed by atoms with Crippen molar-refractivity contribution in [2.45, 2.75) is 12.5 Å². The van der Waals surface area contributed by atoms with Gasteiger partial charge in [-0.2, -0.15) is 5.26 Å². The second kappa shape index (κ2) is 9.28. The van der Waals surface area contributed by atoms with Crippen LogP contribution in [0, 0.1) is 11.3 Å². The van der Waals surface area contributed by atoms with Crippen LogP contribution in [0.1, 0.15) is 5.56 Å². The van der Waals surface area contributed by atoms with Crippen molar-refractivity contribution in [1.82, 2.24) is 10.6 Å². The number of hydrogen-bond acceptors (Lipinski definition) is 3. The van der Waals surface area contributed by atoms with Gasteiger partial charge in [-0.05, 0) is 29.9 Å². The third-order valence-electron chi connectivity index (χ3n) is 3.28. The number of benzene rings is 2. The van der Waals surface area contributed by atoms with Crippen molar-refractivity contribution in [1.29, 1.82) is 5.26 Å². The molecule has 0 heterocycles. The molecule has 5 nitrogen and oxygen atoms in total. The first-order valence-corrected chi connectivity index (χ1v) is 7.91. The minimum Gasteiger partial charge on any atom is -0.350 e. The van der Waals surface area contributed by atoms with Gasteiger partial charge in [-0.15, -0.1) is 0 Å². The minimum atomic E-state index is -0.565. The number of carbonyl (C=O) groups excluding carboxylic acids is 1. The van der Waals surface area contributed by atoms with Crippen LogP contribution in [0.5, 0.6) is 0 Å². The lowest BCUT2D eigenvalue weighted by atomic mass is 10.1. The number of thiocarbonyl (C=S) groups is 1. The zero-order valence-corrected chi connectivity index (χ0v) is 13.8. The molecule has 122 valence electrons. The first-order chi connectivity index (χ1) is 11.7. The number of nitrogens with one attached hydrogen (secondary N) is 3. The molecule has 0 aromatic heterocycles. The van der Waals surface area contributed by atoms with E-state index in [4.69, 9.17) is 17.5 Å². The van der Waals surface area contributed by atoms with Gasteiger partial charge in [0.15, 0.2) is 5.11 Å². The van der Waals surface area contributed by atoms with E-state index in [0.717, 1.165) is 11.3 Å². The van der Waals surface area contributed by atoms with Crippen LogP contribution in [-0.4, -0.2) is 23.6 Å². The maximum absolute atomic E-state index is 12.3. The topological polar surface area (TPSA) is 77.0 Å². The van der Waals surface area contributed by atoms with Gasteiger partial charge >= 0.3 is 0 Å². The van der Waals surface area contributed by atoms with E-state index in [1.165, 1.54) is 0 Å². The Morgan fingerprint density at radius 2 is 1.71 bits per heavy atom. The summed E-state index contributed by atoms with van der Waals surface area (Å²) in [6, 6.07) is 20.5. The fourth-order valence-electron chi connectivity index (χ4n) is 2.16. The minimum absolute atomic E-state index is 0.0370. The van der Waals surface area contributed by atoms with E-state index in [0.29, 0.717) is 11.5 Å². The van der Waals surface area contributed by atoms with E-state index in [9.17, 15) is 4.79 Å². The first-order valence-electron chi connectivity index (χ1n) is 7.50. The smallest absolute Gasteiger partial charge is 0.243 e.